The predicted octanol–water partition coefficient (Wildman–Crippen LogP) is 5.95. The maximum atomic E-state index is 3.54. The molecule has 0 atom stereocenters. The van der Waals surface area contributed by atoms with E-state index in [1.165, 1.54) is 13.5 Å². The van der Waals surface area contributed by atoms with Crippen molar-refractivity contribution in [3.05, 3.63) is 28.1 Å². The van der Waals surface area contributed by atoms with Crippen molar-refractivity contribution < 1.29 is 0 Å². The van der Waals surface area contributed by atoms with E-state index in [4.69, 9.17) is 0 Å². The van der Waals surface area contributed by atoms with Crippen molar-refractivity contribution in [2.24, 2.45) is 0 Å². The summed E-state index contributed by atoms with van der Waals surface area (Å²) in [5.41, 5.74) is 0. The second kappa shape index (κ2) is 4.89. The maximum Gasteiger partial charge on any atom is 0.0987 e. The van der Waals surface area contributed by atoms with Gasteiger partial charge in [-0.15, -0.1) is 22.7 Å². The van der Waals surface area contributed by atoms with Gasteiger partial charge in [0.2, 0.25) is 0 Å². The van der Waals surface area contributed by atoms with Gasteiger partial charge in [0.15, 0.2) is 0 Å². The fourth-order valence-corrected chi connectivity index (χ4v) is 7.36. The Morgan fingerprint density at radius 2 is 1.50 bits per heavy atom. The van der Waals surface area contributed by atoms with Crippen LogP contribution in [0.25, 0.3) is 9.75 Å². The molecule has 0 fully saturated rings. The summed E-state index contributed by atoms with van der Waals surface area (Å²) in [5, 5.41) is 0.408. The minimum atomic E-state index is -1.37. The third-order valence-corrected chi connectivity index (χ3v) is 13.6. The molecule has 2 rings (SSSR count). The van der Waals surface area contributed by atoms with Crippen LogP contribution in [0, 0.1) is 0 Å². The summed E-state index contributed by atoms with van der Waals surface area (Å²) in [6.45, 7) is 12.1. The van der Waals surface area contributed by atoms with Gasteiger partial charge in [0.25, 0.3) is 0 Å². The van der Waals surface area contributed by atoms with Crippen molar-refractivity contribution in [2.75, 3.05) is 0 Å². The molecular weight excluding hydrogens is 340 g/mol. The largest absolute Gasteiger partial charge is 0.144 e. The Labute approximate surface area is 127 Å². The molecular formula is C14H19BrS2Si. The molecule has 18 heavy (non-hydrogen) atoms. The first kappa shape index (κ1) is 14.5. The number of hydrogen-bond acceptors (Lipinski definition) is 2. The van der Waals surface area contributed by atoms with Crippen molar-refractivity contribution in [1.29, 1.82) is 0 Å². The molecule has 0 aliphatic carbocycles. The Bertz CT molecular complexity index is 546. The van der Waals surface area contributed by atoms with Gasteiger partial charge >= 0.3 is 0 Å². The van der Waals surface area contributed by atoms with E-state index in [2.05, 4.69) is 74.1 Å². The zero-order chi connectivity index (χ0) is 13.6. The molecule has 0 radical (unpaired) electrons. The van der Waals surface area contributed by atoms with Crippen LogP contribution in [0.4, 0.5) is 0 Å². The number of rotatable bonds is 2. The minimum absolute atomic E-state index is 0.408. The van der Waals surface area contributed by atoms with Gasteiger partial charge in [-0.25, -0.2) is 0 Å². The molecule has 0 spiro atoms. The molecule has 0 aromatic carbocycles. The third-order valence-electron chi connectivity index (χ3n) is 3.91. The zero-order valence-corrected chi connectivity index (χ0v) is 15.7. The molecule has 0 bridgehead atoms. The average Bonchev–Trinajstić information content (AvgIpc) is 2.83. The van der Waals surface area contributed by atoms with E-state index in [1.807, 2.05) is 22.7 Å². The lowest BCUT2D eigenvalue weighted by atomic mass is 10.2. The summed E-state index contributed by atoms with van der Waals surface area (Å²) in [5.74, 6) is 0. The average molecular weight is 359 g/mol. The maximum absolute atomic E-state index is 3.54. The van der Waals surface area contributed by atoms with Gasteiger partial charge in [0.1, 0.15) is 0 Å². The van der Waals surface area contributed by atoms with Crippen LogP contribution in [-0.4, -0.2) is 8.07 Å². The number of halogens is 1. The summed E-state index contributed by atoms with van der Waals surface area (Å²) in [6, 6.07) is 8.98. The molecule has 2 aromatic heterocycles. The van der Waals surface area contributed by atoms with E-state index in [9.17, 15) is 0 Å². The SMILES string of the molecule is CC(C)(C)[Si](C)(C)c1ccc(-c2ccc(Br)s2)s1. The topological polar surface area (TPSA) is 0 Å². The van der Waals surface area contributed by atoms with Crippen LogP contribution >= 0.6 is 38.6 Å². The molecule has 0 amide bonds. The highest BCUT2D eigenvalue weighted by molar-refractivity contribution is 9.11. The monoisotopic (exact) mass is 358 g/mol. The molecule has 0 nitrogen and oxygen atoms in total. The molecule has 2 heterocycles. The number of thiophene rings is 2. The summed E-state index contributed by atoms with van der Waals surface area (Å²) >= 11 is 7.34. The van der Waals surface area contributed by atoms with Crippen LogP contribution in [0.5, 0.6) is 0 Å². The molecule has 4 heteroatoms. The minimum Gasteiger partial charge on any atom is -0.144 e. The van der Waals surface area contributed by atoms with Crippen molar-refractivity contribution in [3.63, 3.8) is 0 Å². The Morgan fingerprint density at radius 1 is 0.944 bits per heavy atom. The highest BCUT2D eigenvalue weighted by Crippen LogP contribution is 2.39. The molecule has 0 aliphatic rings. The Hall–Kier alpha value is 0.0969. The van der Waals surface area contributed by atoms with Crippen LogP contribution in [0.3, 0.4) is 0 Å². The standard InChI is InChI=1S/C14H19BrS2Si/c1-14(2,3)18(4,5)13-9-7-11(17-13)10-6-8-12(15)16-10/h6-9H,1-5H3. The van der Waals surface area contributed by atoms with Gasteiger partial charge in [-0.3, -0.25) is 0 Å². The van der Waals surface area contributed by atoms with Gasteiger partial charge < -0.3 is 0 Å². The zero-order valence-electron chi connectivity index (χ0n) is 11.5. The normalized spacial score (nSPS) is 13.0. The van der Waals surface area contributed by atoms with Gasteiger partial charge in [0, 0.05) is 9.75 Å². The van der Waals surface area contributed by atoms with Crippen molar-refractivity contribution >= 4 is 51.2 Å². The smallest absolute Gasteiger partial charge is 0.0987 e. The van der Waals surface area contributed by atoms with Gasteiger partial charge in [-0.05, 0) is 43.7 Å². The van der Waals surface area contributed by atoms with E-state index in [-0.39, 0.29) is 0 Å². The first-order valence-corrected chi connectivity index (χ1v) is 11.5. The van der Waals surface area contributed by atoms with Crippen LogP contribution in [0.2, 0.25) is 18.1 Å². The fraction of sp³-hybridized carbons (Fsp3) is 0.429. The van der Waals surface area contributed by atoms with Crippen molar-refractivity contribution in [3.8, 4) is 9.75 Å². The van der Waals surface area contributed by atoms with Crippen LogP contribution in [0.1, 0.15) is 20.8 Å². The first-order valence-electron chi connectivity index (χ1n) is 6.08. The lowest BCUT2D eigenvalue weighted by Crippen LogP contribution is -2.47. The van der Waals surface area contributed by atoms with Crippen LogP contribution in [-0.2, 0) is 0 Å². The first-order chi connectivity index (χ1) is 8.22. The second-order valence-corrected chi connectivity index (χ2v) is 15.3. The lowest BCUT2D eigenvalue weighted by Gasteiger charge is -2.35. The summed E-state index contributed by atoms with van der Waals surface area (Å²) in [4.78, 5) is 2.78. The van der Waals surface area contributed by atoms with Crippen LogP contribution in [0.15, 0.2) is 28.1 Å². The number of hydrogen-bond donors (Lipinski definition) is 0. The molecule has 0 saturated heterocycles. The Balaban J connectivity index is 2.37. The van der Waals surface area contributed by atoms with Gasteiger partial charge in [-0.2, -0.15) is 0 Å². The Morgan fingerprint density at radius 3 is 2.00 bits per heavy atom. The van der Waals surface area contributed by atoms with E-state index in [1.54, 1.807) is 4.50 Å². The van der Waals surface area contributed by atoms with E-state index in [0.717, 1.165) is 0 Å². The van der Waals surface area contributed by atoms with Crippen molar-refractivity contribution in [1.82, 2.24) is 0 Å². The lowest BCUT2D eigenvalue weighted by molar-refractivity contribution is 0.730. The molecule has 0 saturated carbocycles. The van der Waals surface area contributed by atoms with E-state index >= 15 is 0 Å². The predicted molar refractivity (Wildman–Crippen MR) is 92.2 cm³/mol. The summed E-state index contributed by atoms with van der Waals surface area (Å²) < 4.78 is 2.81. The summed E-state index contributed by atoms with van der Waals surface area (Å²) in [6.07, 6.45) is 0. The fourth-order valence-electron chi connectivity index (χ4n) is 1.62. The second-order valence-electron chi connectivity index (χ2n) is 6.14. The highest BCUT2D eigenvalue weighted by Gasteiger charge is 2.38. The van der Waals surface area contributed by atoms with Crippen molar-refractivity contribution in [2.45, 2.75) is 38.9 Å². The summed E-state index contributed by atoms with van der Waals surface area (Å²) in [7, 11) is -1.37. The van der Waals surface area contributed by atoms with Crippen LogP contribution < -0.4 is 4.50 Å². The van der Waals surface area contributed by atoms with E-state index < -0.39 is 8.07 Å². The molecule has 2 aromatic rings. The molecule has 0 N–H and O–H groups in total. The van der Waals surface area contributed by atoms with Gasteiger partial charge in [-0.1, -0.05) is 39.9 Å². The Kier molecular flexibility index (Phi) is 3.94. The molecule has 0 unspecified atom stereocenters. The van der Waals surface area contributed by atoms with E-state index in [0.29, 0.717) is 5.04 Å². The van der Waals surface area contributed by atoms with Gasteiger partial charge in [0.05, 0.1) is 11.9 Å². The third kappa shape index (κ3) is 2.67. The molecule has 0 aliphatic heterocycles. The highest BCUT2D eigenvalue weighted by atomic mass is 79.9. The molecule has 98 valence electrons. The quantitative estimate of drug-likeness (QED) is 0.581.